The van der Waals surface area contributed by atoms with Crippen LogP contribution in [0.15, 0.2) is 24.5 Å². The summed E-state index contributed by atoms with van der Waals surface area (Å²) in [5.41, 5.74) is 2.19. The van der Waals surface area contributed by atoms with E-state index in [2.05, 4.69) is 31.0 Å². The maximum atomic E-state index is 13.9. The number of halogens is 2. The van der Waals surface area contributed by atoms with E-state index in [4.69, 9.17) is 4.74 Å². The number of rotatable bonds is 10. The first-order valence-electron chi connectivity index (χ1n) is 10.5. The van der Waals surface area contributed by atoms with Gasteiger partial charge < -0.3 is 25.8 Å². The Labute approximate surface area is 195 Å². The molecule has 0 saturated heterocycles. The minimum absolute atomic E-state index is 0.0393. The molecule has 1 aromatic carbocycles. The van der Waals surface area contributed by atoms with E-state index in [1.165, 1.54) is 26.2 Å². The molecule has 0 spiro atoms. The summed E-state index contributed by atoms with van der Waals surface area (Å²) in [6, 6.07) is 2.41. The predicted molar refractivity (Wildman–Crippen MR) is 123 cm³/mol. The van der Waals surface area contributed by atoms with Crippen molar-refractivity contribution in [3.63, 3.8) is 0 Å². The highest BCUT2D eigenvalue weighted by Gasteiger charge is 2.15. The Bertz CT molecular complexity index is 1140. The van der Waals surface area contributed by atoms with Crippen molar-refractivity contribution in [1.82, 2.24) is 19.7 Å². The third kappa shape index (κ3) is 6.16. The van der Waals surface area contributed by atoms with Gasteiger partial charge in [0.25, 0.3) is 0 Å². The monoisotopic (exact) mass is 475 g/mol. The molecule has 2 aromatic heterocycles. The smallest absolute Gasteiger partial charge is 0.227 e. The first-order valence-corrected chi connectivity index (χ1v) is 10.5. The number of benzene rings is 1. The normalized spacial score (nSPS) is 11.7. The first-order chi connectivity index (χ1) is 16.2. The number of aromatic nitrogens is 4. The molecule has 0 aliphatic rings. The Balaban J connectivity index is 1.66. The van der Waals surface area contributed by atoms with Gasteiger partial charge >= 0.3 is 0 Å². The maximum absolute atomic E-state index is 13.9. The van der Waals surface area contributed by atoms with Gasteiger partial charge in [0.1, 0.15) is 5.69 Å². The number of aryl methyl sites for hydroxylation is 1. The Morgan fingerprint density at radius 1 is 1.24 bits per heavy atom. The topological polar surface area (TPSA) is 126 Å². The van der Waals surface area contributed by atoms with E-state index in [0.29, 0.717) is 35.3 Å². The summed E-state index contributed by atoms with van der Waals surface area (Å²) in [6.45, 7) is 3.79. The Kier molecular flexibility index (Phi) is 7.95. The number of nitrogens with one attached hydrogen (secondary N) is 3. The van der Waals surface area contributed by atoms with Crippen molar-refractivity contribution in [1.29, 1.82) is 0 Å². The van der Waals surface area contributed by atoms with Gasteiger partial charge in [0.05, 0.1) is 38.1 Å². The van der Waals surface area contributed by atoms with E-state index >= 15 is 0 Å². The van der Waals surface area contributed by atoms with Crippen molar-refractivity contribution in [3.8, 4) is 5.75 Å². The number of carbonyl (C=O) groups excluding carboxylic acids is 1. The van der Waals surface area contributed by atoms with Crippen molar-refractivity contribution in [2.24, 2.45) is 0 Å². The van der Waals surface area contributed by atoms with Gasteiger partial charge in [0.15, 0.2) is 23.2 Å². The second kappa shape index (κ2) is 10.9. The number of hydrogen-bond acceptors (Lipinski definition) is 8. The van der Waals surface area contributed by atoms with Crippen molar-refractivity contribution in [3.05, 3.63) is 53.0 Å². The second-order valence-corrected chi connectivity index (χ2v) is 7.70. The zero-order chi connectivity index (χ0) is 24.8. The van der Waals surface area contributed by atoms with E-state index in [-0.39, 0.29) is 18.9 Å². The summed E-state index contributed by atoms with van der Waals surface area (Å²) < 4.78 is 34.1. The molecule has 0 saturated carbocycles. The highest BCUT2D eigenvalue weighted by Crippen LogP contribution is 2.25. The fourth-order valence-corrected chi connectivity index (χ4v) is 3.29. The molecular weight excluding hydrogens is 448 g/mol. The number of methoxy groups -OCH3 is 1. The lowest BCUT2D eigenvalue weighted by molar-refractivity contribution is -0.117. The van der Waals surface area contributed by atoms with E-state index in [9.17, 15) is 18.7 Å². The molecule has 0 fully saturated rings. The van der Waals surface area contributed by atoms with Crippen LogP contribution in [0.1, 0.15) is 30.2 Å². The van der Waals surface area contributed by atoms with Crippen LogP contribution in [-0.4, -0.2) is 51.0 Å². The van der Waals surface area contributed by atoms with E-state index in [1.54, 1.807) is 31.0 Å². The summed E-state index contributed by atoms with van der Waals surface area (Å²) in [6.07, 6.45) is 2.56. The van der Waals surface area contributed by atoms with Crippen LogP contribution < -0.4 is 20.7 Å². The lowest BCUT2D eigenvalue weighted by Gasteiger charge is -2.15. The Morgan fingerprint density at radius 3 is 2.56 bits per heavy atom. The number of carbonyl (C=O) groups is 1. The van der Waals surface area contributed by atoms with Gasteiger partial charge in [-0.1, -0.05) is 0 Å². The molecule has 4 N–H and O–H groups in total. The van der Waals surface area contributed by atoms with Gasteiger partial charge in [0.2, 0.25) is 11.9 Å². The minimum Gasteiger partial charge on any atom is -0.491 e. The van der Waals surface area contributed by atoms with Crippen LogP contribution in [-0.2, 0) is 17.9 Å². The first kappa shape index (κ1) is 24.8. The fourth-order valence-electron chi connectivity index (χ4n) is 3.29. The molecule has 0 bridgehead atoms. The van der Waals surface area contributed by atoms with Crippen molar-refractivity contribution in [2.45, 2.75) is 39.5 Å². The molecule has 0 aliphatic heterocycles. The molecule has 34 heavy (non-hydrogen) atoms. The predicted octanol–water partition coefficient (Wildman–Crippen LogP) is 2.68. The lowest BCUT2D eigenvalue weighted by Crippen LogP contribution is -2.20. The lowest BCUT2D eigenvalue weighted by atomic mass is 10.2. The average Bonchev–Trinajstić information content (AvgIpc) is 3.20. The third-order valence-electron chi connectivity index (χ3n) is 4.82. The number of ether oxygens (including phenoxy) is 1. The largest absolute Gasteiger partial charge is 0.491 e. The quantitative estimate of drug-likeness (QED) is 0.353. The second-order valence-electron chi connectivity index (χ2n) is 7.70. The van der Waals surface area contributed by atoms with Crippen LogP contribution in [0.2, 0.25) is 0 Å². The van der Waals surface area contributed by atoms with Crippen LogP contribution >= 0.6 is 0 Å². The van der Waals surface area contributed by atoms with Crippen LogP contribution in [0.3, 0.4) is 0 Å². The molecule has 3 rings (SSSR count). The average molecular weight is 476 g/mol. The Hall–Kier alpha value is -3.80. The highest BCUT2D eigenvalue weighted by atomic mass is 19.1. The number of aliphatic hydroxyl groups is 1. The van der Waals surface area contributed by atoms with Gasteiger partial charge in [-0.3, -0.25) is 9.48 Å². The van der Waals surface area contributed by atoms with Crippen LogP contribution in [0, 0.1) is 18.6 Å². The van der Waals surface area contributed by atoms with Gasteiger partial charge in [0, 0.05) is 25.4 Å². The summed E-state index contributed by atoms with van der Waals surface area (Å²) in [4.78, 5) is 20.8. The molecule has 0 radical (unpaired) electrons. The molecular formula is C22H27F2N7O3. The molecule has 182 valence electrons. The molecule has 3 aromatic rings. The SMILES string of the molecule is CNc1nc(NCc2cnn(Cc3cc(F)c(OC)c(F)c3)c2)nc(C)c1NC(=O)C[C@@H](C)O. The molecule has 12 heteroatoms. The van der Waals surface area contributed by atoms with E-state index in [0.717, 1.165) is 5.56 Å². The van der Waals surface area contributed by atoms with Crippen LogP contribution in [0.5, 0.6) is 5.75 Å². The third-order valence-corrected chi connectivity index (χ3v) is 4.82. The number of anilines is 3. The zero-order valence-electron chi connectivity index (χ0n) is 19.3. The number of aliphatic hydroxyl groups excluding tert-OH is 1. The standard InChI is InChI=1S/C22H27F2N7O3/c1-12(32)5-18(33)29-19-13(2)28-22(30-21(19)25-3)26-8-15-9-27-31(11-15)10-14-6-16(23)20(34-4)17(24)7-14/h6-7,9,11-12,32H,5,8,10H2,1-4H3,(H,29,33)(H2,25,26,28,30)/t12-/m1/s1. The maximum Gasteiger partial charge on any atom is 0.227 e. The number of nitrogens with zero attached hydrogens (tertiary/aromatic N) is 4. The Morgan fingerprint density at radius 2 is 1.94 bits per heavy atom. The molecule has 0 aliphatic carbocycles. The van der Waals surface area contributed by atoms with Crippen molar-refractivity contribution >= 4 is 23.4 Å². The minimum atomic E-state index is -0.773. The van der Waals surface area contributed by atoms with E-state index < -0.39 is 23.5 Å². The van der Waals surface area contributed by atoms with Gasteiger partial charge in [-0.15, -0.1) is 0 Å². The zero-order valence-corrected chi connectivity index (χ0v) is 19.3. The summed E-state index contributed by atoms with van der Waals surface area (Å²) in [7, 11) is 2.88. The number of amides is 1. The van der Waals surface area contributed by atoms with Crippen molar-refractivity contribution in [2.75, 3.05) is 30.1 Å². The van der Waals surface area contributed by atoms with Gasteiger partial charge in [-0.25, -0.2) is 13.8 Å². The summed E-state index contributed by atoms with van der Waals surface area (Å²) in [5, 5.41) is 22.3. The molecule has 0 unspecified atom stereocenters. The number of hydrogen-bond donors (Lipinski definition) is 4. The van der Waals surface area contributed by atoms with Crippen LogP contribution in [0.25, 0.3) is 0 Å². The fraction of sp³-hybridized carbons (Fsp3) is 0.364. The van der Waals surface area contributed by atoms with Crippen molar-refractivity contribution < 1.29 is 23.4 Å². The molecule has 2 heterocycles. The van der Waals surface area contributed by atoms with Gasteiger partial charge in [-0.2, -0.15) is 10.1 Å². The molecule has 10 nitrogen and oxygen atoms in total. The summed E-state index contributed by atoms with van der Waals surface area (Å²) >= 11 is 0. The van der Waals surface area contributed by atoms with Crippen LogP contribution in [0.4, 0.5) is 26.2 Å². The van der Waals surface area contributed by atoms with E-state index in [1.807, 2.05) is 0 Å². The van der Waals surface area contributed by atoms with Gasteiger partial charge in [-0.05, 0) is 31.5 Å². The summed E-state index contributed by atoms with van der Waals surface area (Å²) in [5.74, 6) is -1.55. The highest BCUT2D eigenvalue weighted by molar-refractivity contribution is 5.94. The molecule has 1 atom stereocenters. The molecule has 1 amide bonds.